The van der Waals surface area contributed by atoms with E-state index < -0.39 is 5.60 Å². The van der Waals surface area contributed by atoms with E-state index in [4.69, 9.17) is 4.74 Å². The smallest absolute Gasteiger partial charge is 0.333 e. The third-order valence-corrected chi connectivity index (χ3v) is 6.06. The molecule has 1 aliphatic rings. The Morgan fingerprint density at radius 3 is 2.32 bits per heavy atom. The third-order valence-electron chi connectivity index (χ3n) is 4.74. The minimum Gasteiger partial charge on any atom is -0.455 e. The molecule has 0 amide bonds. The number of ether oxygens (including phenoxy) is 1. The summed E-state index contributed by atoms with van der Waals surface area (Å²) in [7, 11) is 0. The molecule has 0 aliphatic heterocycles. The lowest BCUT2D eigenvalue weighted by atomic mass is 9.64. The summed E-state index contributed by atoms with van der Waals surface area (Å²) in [5.41, 5.74) is -0.397. The molecule has 0 radical (unpaired) electrons. The molecule has 126 valence electrons. The zero-order valence-electron chi connectivity index (χ0n) is 14.8. The van der Waals surface area contributed by atoms with Crippen LogP contribution in [0.5, 0.6) is 0 Å². The highest BCUT2D eigenvalue weighted by Gasteiger charge is 2.52. The van der Waals surface area contributed by atoms with Crippen LogP contribution in [0.3, 0.4) is 0 Å². The molecule has 0 spiro atoms. The predicted molar refractivity (Wildman–Crippen MR) is 93.0 cm³/mol. The van der Waals surface area contributed by atoms with Crippen molar-refractivity contribution in [3.63, 3.8) is 0 Å². The fourth-order valence-electron chi connectivity index (χ4n) is 3.18. The average Bonchev–Trinajstić information content (AvgIpc) is 2.39. The lowest BCUT2D eigenvalue weighted by Gasteiger charge is -2.50. The molecule has 4 heteroatoms. The second-order valence-electron chi connectivity index (χ2n) is 7.37. The first-order valence-electron chi connectivity index (χ1n) is 8.05. The van der Waals surface area contributed by atoms with E-state index in [0.717, 1.165) is 18.6 Å². The van der Waals surface area contributed by atoms with E-state index >= 15 is 0 Å². The summed E-state index contributed by atoms with van der Waals surface area (Å²) in [5, 5.41) is 0.335. The highest BCUT2D eigenvalue weighted by atomic mass is 32.2. The Labute approximate surface area is 139 Å². The van der Waals surface area contributed by atoms with Gasteiger partial charge in [0, 0.05) is 22.2 Å². The lowest BCUT2D eigenvalue weighted by Crippen LogP contribution is -2.53. The summed E-state index contributed by atoms with van der Waals surface area (Å²) in [5.74, 6) is 0.808. The van der Waals surface area contributed by atoms with Crippen LogP contribution in [-0.4, -0.2) is 28.4 Å². The van der Waals surface area contributed by atoms with Gasteiger partial charge in [-0.2, -0.15) is 11.8 Å². The standard InChI is InChI=1S/C18H30O3S/c1-8-22-15-9-10-18(17(5,6)7,11-14(15)13(4)19)21-16(20)12(2)3/h14-15H,2,8-11H2,1,3-7H3. The van der Waals surface area contributed by atoms with Gasteiger partial charge in [-0.3, -0.25) is 4.79 Å². The molecule has 0 aromatic carbocycles. The first-order chi connectivity index (χ1) is 10.0. The molecule has 0 aromatic heterocycles. The van der Waals surface area contributed by atoms with Crippen LogP contribution in [-0.2, 0) is 14.3 Å². The van der Waals surface area contributed by atoms with Gasteiger partial charge in [0.2, 0.25) is 0 Å². The zero-order chi connectivity index (χ0) is 17.1. The Morgan fingerprint density at radius 1 is 1.32 bits per heavy atom. The molecule has 1 saturated carbocycles. The van der Waals surface area contributed by atoms with Crippen molar-refractivity contribution in [1.82, 2.24) is 0 Å². The van der Waals surface area contributed by atoms with Crippen LogP contribution < -0.4 is 0 Å². The number of ketones is 1. The number of thioether (sulfide) groups is 1. The van der Waals surface area contributed by atoms with Gasteiger partial charge in [0.05, 0.1) is 0 Å². The molecule has 1 fully saturated rings. The second kappa shape index (κ2) is 7.20. The SMILES string of the molecule is C=C(C)C(=O)OC1(C(C)(C)C)CCC(SCC)C(C(C)=O)C1. The molecule has 0 aromatic rings. The molecule has 3 atom stereocenters. The molecular formula is C18H30O3S. The van der Waals surface area contributed by atoms with E-state index in [9.17, 15) is 9.59 Å². The summed E-state index contributed by atoms with van der Waals surface area (Å²) < 4.78 is 5.91. The van der Waals surface area contributed by atoms with Gasteiger partial charge in [0.1, 0.15) is 11.4 Å². The molecule has 3 unspecified atom stereocenters. The van der Waals surface area contributed by atoms with Crippen molar-refractivity contribution in [1.29, 1.82) is 0 Å². The van der Waals surface area contributed by atoms with Gasteiger partial charge in [0.25, 0.3) is 0 Å². The maximum Gasteiger partial charge on any atom is 0.333 e. The average molecular weight is 327 g/mol. The molecule has 0 heterocycles. The minimum atomic E-state index is -0.593. The van der Waals surface area contributed by atoms with Crippen LogP contribution in [0.1, 0.15) is 60.8 Å². The topological polar surface area (TPSA) is 43.4 Å². The molecule has 1 aliphatic carbocycles. The minimum absolute atomic E-state index is 0.0455. The van der Waals surface area contributed by atoms with Gasteiger partial charge >= 0.3 is 5.97 Å². The quantitative estimate of drug-likeness (QED) is 0.555. The highest BCUT2D eigenvalue weighted by Crippen LogP contribution is 2.49. The van der Waals surface area contributed by atoms with Crippen molar-refractivity contribution in [2.45, 2.75) is 71.7 Å². The van der Waals surface area contributed by atoms with Crippen LogP contribution in [0.15, 0.2) is 12.2 Å². The number of Topliss-reactive ketones (excluding diaryl/α,β-unsaturated/α-hetero) is 1. The van der Waals surface area contributed by atoms with Crippen molar-refractivity contribution >= 4 is 23.5 Å². The fraction of sp³-hybridized carbons (Fsp3) is 0.778. The number of esters is 1. The van der Waals surface area contributed by atoms with Crippen molar-refractivity contribution in [3.05, 3.63) is 12.2 Å². The van der Waals surface area contributed by atoms with E-state index in [1.165, 1.54) is 0 Å². The van der Waals surface area contributed by atoms with Crippen LogP contribution in [0, 0.1) is 11.3 Å². The van der Waals surface area contributed by atoms with Crippen molar-refractivity contribution < 1.29 is 14.3 Å². The Morgan fingerprint density at radius 2 is 1.91 bits per heavy atom. The van der Waals surface area contributed by atoms with Crippen molar-refractivity contribution in [3.8, 4) is 0 Å². The van der Waals surface area contributed by atoms with E-state index in [2.05, 4.69) is 34.3 Å². The van der Waals surface area contributed by atoms with Gasteiger partial charge in [0.15, 0.2) is 0 Å². The zero-order valence-corrected chi connectivity index (χ0v) is 15.6. The molecular weight excluding hydrogens is 296 g/mol. The Kier molecular flexibility index (Phi) is 6.31. The highest BCUT2D eigenvalue weighted by molar-refractivity contribution is 7.99. The lowest BCUT2D eigenvalue weighted by molar-refractivity contribution is -0.179. The van der Waals surface area contributed by atoms with Gasteiger partial charge < -0.3 is 4.74 Å². The predicted octanol–water partition coefficient (Wildman–Crippen LogP) is 4.40. The summed E-state index contributed by atoms with van der Waals surface area (Å²) in [6.07, 6.45) is 2.32. The second-order valence-corrected chi connectivity index (χ2v) is 8.88. The van der Waals surface area contributed by atoms with E-state index in [1.807, 2.05) is 11.8 Å². The largest absolute Gasteiger partial charge is 0.455 e. The van der Waals surface area contributed by atoms with Crippen molar-refractivity contribution in [2.75, 3.05) is 5.75 Å². The Bertz CT molecular complexity index is 450. The molecule has 3 nitrogen and oxygen atoms in total. The molecule has 0 saturated heterocycles. The Hall–Kier alpha value is -0.770. The molecule has 0 bridgehead atoms. The van der Waals surface area contributed by atoms with Crippen molar-refractivity contribution in [2.24, 2.45) is 11.3 Å². The number of carbonyl (C=O) groups is 2. The van der Waals surface area contributed by atoms with Crippen LogP contribution in [0.2, 0.25) is 0 Å². The summed E-state index contributed by atoms with van der Waals surface area (Å²) >= 11 is 1.85. The first-order valence-corrected chi connectivity index (χ1v) is 9.10. The van der Waals surface area contributed by atoms with Gasteiger partial charge in [-0.05, 0) is 38.9 Å². The number of hydrogen-bond donors (Lipinski definition) is 0. The normalized spacial score (nSPS) is 29.0. The molecule has 22 heavy (non-hydrogen) atoms. The van der Waals surface area contributed by atoms with E-state index in [-0.39, 0.29) is 23.1 Å². The van der Waals surface area contributed by atoms with E-state index in [1.54, 1.807) is 13.8 Å². The third kappa shape index (κ3) is 4.15. The van der Waals surface area contributed by atoms with Gasteiger partial charge in [-0.1, -0.05) is 34.3 Å². The first kappa shape index (κ1) is 19.3. The number of hydrogen-bond acceptors (Lipinski definition) is 4. The fourth-order valence-corrected chi connectivity index (χ4v) is 4.41. The summed E-state index contributed by atoms with van der Waals surface area (Å²) in [6.45, 7) is 15.4. The maximum atomic E-state index is 12.1. The maximum absolute atomic E-state index is 12.1. The van der Waals surface area contributed by atoms with Crippen LogP contribution >= 0.6 is 11.8 Å². The summed E-state index contributed by atoms with van der Waals surface area (Å²) in [4.78, 5) is 24.3. The van der Waals surface area contributed by atoms with Crippen LogP contribution in [0.25, 0.3) is 0 Å². The monoisotopic (exact) mass is 326 g/mol. The Balaban J connectivity index is 3.11. The van der Waals surface area contributed by atoms with Gasteiger partial charge in [-0.25, -0.2) is 4.79 Å². The number of rotatable bonds is 5. The number of carbonyl (C=O) groups excluding carboxylic acids is 2. The van der Waals surface area contributed by atoms with Gasteiger partial charge in [-0.15, -0.1) is 0 Å². The molecule has 1 rings (SSSR count). The summed E-state index contributed by atoms with van der Waals surface area (Å²) in [6, 6.07) is 0. The van der Waals surface area contributed by atoms with Crippen LogP contribution in [0.4, 0.5) is 0 Å². The van der Waals surface area contributed by atoms with E-state index in [0.29, 0.717) is 17.2 Å². The molecule has 0 N–H and O–H groups in total.